The molecule has 0 bridgehead atoms. The molecule has 0 radical (unpaired) electrons. The van der Waals surface area contributed by atoms with Crippen molar-refractivity contribution >= 4 is 50.7 Å². The van der Waals surface area contributed by atoms with Crippen molar-refractivity contribution in [2.24, 2.45) is 7.05 Å². The molecule has 29 heavy (non-hydrogen) atoms. The Hall–Kier alpha value is -3.11. The first-order chi connectivity index (χ1) is 14.0. The number of rotatable bonds is 5. The van der Waals surface area contributed by atoms with Crippen LogP contribution in [0.4, 0.5) is 5.13 Å². The maximum atomic E-state index is 13.1. The SMILES string of the molecule is CCOC(=O)c1csc(NC(=O)c2cc(-c3cccs3)nc3c2c(C)nn3C)n1. The van der Waals surface area contributed by atoms with E-state index in [1.54, 1.807) is 41.4 Å². The van der Waals surface area contributed by atoms with E-state index in [4.69, 9.17) is 9.72 Å². The highest BCUT2D eigenvalue weighted by Crippen LogP contribution is 2.30. The summed E-state index contributed by atoms with van der Waals surface area (Å²) in [6, 6.07) is 5.65. The van der Waals surface area contributed by atoms with E-state index >= 15 is 0 Å². The van der Waals surface area contributed by atoms with Gasteiger partial charge in [-0.15, -0.1) is 22.7 Å². The van der Waals surface area contributed by atoms with Crippen molar-refractivity contribution in [2.45, 2.75) is 13.8 Å². The summed E-state index contributed by atoms with van der Waals surface area (Å²) in [6.07, 6.45) is 0. The third kappa shape index (κ3) is 3.64. The number of thiophene rings is 1. The third-order valence-corrected chi connectivity index (χ3v) is 5.85. The van der Waals surface area contributed by atoms with Crippen LogP contribution in [0.5, 0.6) is 0 Å². The average Bonchev–Trinajstić information content (AvgIpc) is 3.43. The molecule has 0 aliphatic carbocycles. The molecule has 0 fully saturated rings. The molecule has 0 aromatic carbocycles. The minimum Gasteiger partial charge on any atom is -0.461 e. The maximum Gasteiger partial charge on any atom is 0.357 e. The number of esters is 1. The number of carbonyl (C=O) groups excluding carboxylic acids is 2. The molecule has 0 spiro atoms. The Morgan fingerprint density at radius 1 is 1.28 bits per heavy atom. The standard InChI is InChI=1S/C19H17N5O3S2/c1-4-27-18(26)13-9-29-19(21-13)22-17(25)11-8-12(14-6-5-7-28-14)20-16-15(11)10(2)23-24(16)3/h5-9H,4H2,1-3H3,(H,21,22,25). The lowest BCUT2D eigenvalue weighted by Crippen LogP contribution is -2.13. The Morgan fingerprint density at radius 2 is 2.10 bits per heavy atom. The van der Waals surface area contributed by atoms with Crippen LogP contribution in [0.2, 0.25) is 0 Å². The molecule has 4 rings (SSSR count). The highest BCUT2D eigenvalue weighted by molar-refractivity contribution is 7.14. The summed E-state index contributed by atoms with van der Waals surface area (Å²) in [5.41, 5.74) is 2.67. The Morgan fingerprint density at radius 3 is 2.83 bits per heavy atom. The number of ether oxygens (including phenoxy) is 1. The molecule has 4 aromatic rings. The second-order valence-electron chi connectivity index (χ2n) is 6.15. The molecular formula is C19H17N5O3S2. The van der Waals surface area contributed by atoms with Crippen molar-refractivity contribution in [3.8, 4) is 10.6 Å². The number of aromatic nitrogens is 4. The summed E-state index contributed by atoms with van der Waals surface area (Å²) in [4.78, 5) is 34.7. The summed E-state index contributed by atoms with van der Waals surface area (Å²) in [6.45, 7) is 3.83. The number of fused-ring (bicyclic) bond motifs is 1. The zero-order valence-corrected chi connectivity index (χ0v) is 17.6. The highest BCUT2D eigenvalue weighted by Gasteiger charge is 2.21. The van der Waals surface area contributed by atoms with E-state index in [-0.39, 0.29) is 18.2 Å². The second-order valence-corrected chi connectivity index (χ2v) is 7.96. The minimum absolute atomic E-state index is 0.170. The van der Waals surface area contributed by atoms with Gasteiger partial charge in [0.1, 0.15) is 0 Å². The number of aryl methyl sites for hydroxylation is 2. The number of amides is 1. The molecule has 10 heteroatoms. The van der Waals surface area contributed by atoms with Gasteiger partial charge < -0.3 is 4.74 Å². The first-order valence-electron chi connectivity index (χ1n) is 8.80. The number of nitrogens with one attached hydrogen (secondary N) is 1. The van der Waals surface area contributed by atoms with Crippen molar-refractivity contribution in [1.82, 2.24) is 19.7 Å². The number of anilines is 1. The number of hydrogen-bond donors (Lipinski definition) is 1. The van der Waals surface area contributed by atoms with Gasteiger partial charge in [0.2, 0.25) is 0 Å². The lowest BCUT2D eigenvalue weighted by Gasteiger charge is -2.07. The zero-order chi connectivity index (χ0) is 20.5. The van der Waals surface area contributed by atoms with E-state index in [2.05, 4.69) is 15.4 Å². The Bertz CT molecular complexity index is 1210. The molecule has 4 aromatic heterocycles. The molecule has 0 aliphatic rings. The topological polar surface area (TPSA) is 99.0 Å². The van der Waals surface area contributed by atoms with Gasteiger partial charge in [0.05, 0.1) is 33.8 Å². The average molecular weight is 428 g/mol. The fraction of sp³-hybridized carbons (Fsp3) is 0.211. The monoisotopic (exact) mass is 427 g/mol. The number of nitrogens with zero attached hydrogens (tertiary/aromatic N) is 4. The molecule has 0 aliphatic heterocycles. The van der Waals surface area contributed by atoms with E-state index in [1.165, 1.54) is 11.3 Å². The molecular weight excluding hydrogens is 410 g/mol. The Kier molecular flexibility index (Phi) is 5.12. The molecule has 0 saturated heterocycles. The van der Waals surface area contributed by atoms with Gasteiger partial charge in [0.25, 0.3) is 5.91 Å². The lowest BCUT2D eigenvalue weighted by atomic mass is 10.1. The van der Waals surface area contributed by atoms with E-state index in [0.717, 1.165) is 4.88 Å². The van der Waals surface area contributed by atoms with Crippen LogP contribution in [0.15, 0.2) is 29.0 Å². The van der Waals surface area contributed by atoms with Gasteiger partial charge in [0.15, 0.2) is 16.5 Å². The highest BCUT2D eigenvalue weighted by atomic mass is 32.1. The number of thiazole rings is 1. The quantitative estimate of drug-likeness (QED) is 0.485. The predicted octanol–water partition coefficient (Wildman–Crippen LogP) is 3.89. The minimum atomic E-state index is -0.515. The van der Waals surface area contributed by atoms with Gasteiger partial charge >= 0.3 is 5.97 Å². The van der Waals surface area contributed by atoms with Crippen LogP contribution in [0.1, 0.15) is 33.5 Å². The van der Waals surface area contributed by atoms with Crippen LogP contribution in [0.3, 0.4) is 0 Å². The normalized spacial score (nSPS) is 11.0. The molecule has 0 saturated carbocycles. The smallest absolute Gasteiger partial charge is 0.357 e. The van der Waals surface area contributed by atoms with Crippen LogP contribution in [0, 0.1) is 6.92 Å². The summed E-state index contributed by atoms with van der Waals surface area (Å²) in [5, 5.41) is 11.7. The van der Waals surface area contributed by atoms with Crippen molar-refractivity contribution in [1.29, 1.82) is 0 Å². The number of hydrogen-bond acceptors (Lipinski definition) is 8. The summed E-state index contributed by atoms with van der Waals surface area (Å²) >= 11 is 2.71. The van der Waals surface area contributed by atoms with Crippen LogP contribution in [-0.2, 0) is 11.8 Å². The fourth-order valence-corrected chi connectivity index (χ4v) is 4.33. The van der Waals surface area contributed by atoms with Crippen LogP contribution >= 0.6 is 22.7 Å². The first-order valence-corrected chi connectivity index (χ1v) is 10.6. The second kappa shape index (κ2) is 7.72. The van der Waals surface area contributed by atoms with Crippen molar-refractivity contribution in [3.63, 3.8) is 0 Å². The van der Waals surface area contributed by atoms with Gasteiger partial charge in [0, 0.05) is 12.4 Å². The summed E-state index contributed by atoms with van der Waals surface area (Å²) in [5.74, 6) is -0.852. The molecule has 0 atom stereocenters. The van der Waals surface area contributed by atoms with Crippen molar-refractivity contribution < 1.29 is 14.3 Å². The van der Waals surface area contributed by atoms with Crippen molar-refractivity contribution in [3.05, 3.63) is 45.9 Å². The van der Waals surface area contributed by atoms with E-state index in [9.17, 15) is 9.59 Å². The number of pyridine rings is 1. The molecule has 8 nitrogen and oxygen atoms in total. The van der Waals surface area contributed by atoms with Gasteiger partial charge in [-0.3, -0.25) is 14.8 Å². The largest absolute Gasteiger partial charge is 0.461 e. The van der Waals surface area contributed by atoms with E-state index < -0.39 is 5.97 Å². The number of carbonyl (C=O) groups is 2. The summed E-state index contributed by atoms with van der Waals surface area (Å²) in [7, 11) is 1.80. The molecule has 0 unspecified atom stereocenters. The Labute approximate surface area is 174 Å². The van der Waals surface area contributed by atoms with Crippen molar-refractivity contribution in [2.75, 3.05) is 11.9 Å². The maximum absolute atomic E-state index is 13.1. The van der Waals surface area contributed by atoms with Gasteiger partial charge in [-0.2, -0.15) is 5.10 Å². The van der Waals surface area contributed by atoms with Gasteiger partial charge in [-0.05, 0) is 31.4 Å². The lowest BCUT2D eigenvalue weighted by molar-refractivity contribution is 0.0520. The third-order valence-electron chi connectivity index (χ3n) is 4.20. The zero-order valence-electron chi connectivity index (χ0n) is 15.9. The van der Waals surface area contributed by atoms with E-state index in [1.807, 2.05) is 24.4 Å². The first kappa shape index (κ1) is 19.2. The summed E-state index contributed by atoms with van der Waals surface area (Å²) < 4.78 is 6.61. The Balaban J connectivity index is 1.73. The predicted molar refractivity (Wildman–Crippen MR) is 113 cm³/mol. The molecule has 1 N–H and O–H groups in total. The van der Waals surface area contributed by atoms with Crippen LogP contribution in [-0.4, -0.2) is 38.2 Å². The molecule has 4 heterocycles. The molecule has 148 valence electrons. The van der Waals surface area contributed by atoms with E-state index in [0.29, 0.717) is 33.1 Å². The van der Waals surface area contributed by atoms with Gasteiger partial charge in [-0.25, -0.2) is 14.8 Å². The van der Waals surface area contributed by atoms with Gasteiger partial charge in [-0.1, -0.05) is 6.07 Å². The van der Waals surface area contributed by atoms with Crippen LogP contribution < -0.4 is 5.32 Å². The molecule has 1 amide bonds. The van der Waals surface area contributed by atoms with Crippen LogP contribution in [0.25, 0.3) is 21.6 Å². The fourth-order valence-electron chi connectivity index (χ4n) is 2.97.